The minimum Gasteiger partial charge on any atom is -0.372 e. The normalized spacial score (nSPS) is 19.7. The van der Waals surface area contributed by atoms with Crippen LogP contribution in [0.3, 0.4) is 0 Å². The second kappa shape index (κ2) is 13.3. The maximum Gasteiger partial charge on any atom is 0.254 e. The topological polar surface area (TPSA) is 66.0 Å². The van der Waals surface area contributed by atoms with Crippen molar-refractivity contribution in [3.05, 3.63) is 35.4 Å². The van der Waals surface area contributed by atoms with E-state index in [9.17, 15) is 4.79 Å². The monoisotopic (exact) mass is 520 g/mol. The Morgan fingerprint density at radius 1 is 1.21 bits per heavy atom. The molecule has 0 aliphatic carbocycles. The smallest absolute Gasteiger partial charge is 0.254 e. The van der Waals surface area contributed by atoms with Crippen molar-refractivity contribution >= 4 is 47.6 Å². The molecule has 1 aromatic carbocycles. The first-order valence-electron chi connectivity index (χ1n) is 9.58. The minimum absolute atomic E-state index is 0. The van der Waals surface area contributed by atoms with E-state index in [1.807, 2.05) is 43.0 Å². The lowest BCUT2D eigenvalue weighted by atomic mass is 10.1. The van der Waals surface area contributed by atoms with E-state index in [4.69, 9.17) is 4.74 Å². The van der Waals surface area contributed by atoms with Crippen molar-refractivity contribution in [2.24, 2.45) is 4.99 Å². The summed E-state index contributed by atoms with van der Waals surface area (Å²) in [6, 6.07) is 7.75. The van der Waals surface area contributed by atoms with E-state index >= 15 is 0 Å². The van der Waals surface area contributed by atoms with E-state index < -0.39 is 0 Å². The van der Waals surface area contributed by atoms with Crippen LogP contribution in [0.4, 0.5) is 0 Å². The van der Waals surface area contributed by atoms with E-state index in [1.165, 1.54) is 0 Å². The zero-order valence-electron chi connectivity index (χ0n) is 17.2. The highest BCUT2D eigenvalue weighted by Crippen LogP contribution is 2.15. The van der Waals surface area contributed by atoms with Gasteiger partial charge in [0.2, 0.25) is 0 Å². The second-order valence-corrected chi connectivity index (χ2v) is 7.76. The number of carbonyl (C=O) groups excluding carboxylic acids is 1. The number of guanidine groups is 1. The number of ether oxygens (including phenoxy) is 1. The molecule has 2 rings (SSSR count). The highest BCUT2D eigenvalue weighted by Gasteiger charge is 2.26. The molecule has 1 aromatic rings. The lowest BCUT2D eigenvalue weighted by Crippen LogP contribution is -2.48. The van der Waals surface area contributed by atoms with E-state index in [0.717, 1.165) is 30.4 Å². The van der Waals surface area contributed by atoms with Gasteiger partial charge in [0.1, 0.15) is 0 Å². The molecule has 0 bridgehead atoms. The molecule has 6 nitrogen and oxygen atoms in total. The fraction of sp³-hybridized carbons (Fsp3) is 0.600. The molecule has 8 heteroatoms. The number of aliphatic imine (C=N–C) groups is 1. The van der Waals surface area contributed by atoms with Gasteiger partial charge in [-0.1, -0.05) is 12.1 Å². The quantitative estimate of drug-likeness (QED) is 0.251. The second-order valence-electron chi connectivity index (χ2n) is 6.78. The molecule has 2 N–H and O–H groups in total. The molecule has 0 radical (unpaired) electrons. The van der Waals surface area contributed by atoms with Crippen molar-refractivity contribution < 1.29 is 9.53 Å². The summed E-state index contributed by atoms with van der Waals surface area (Å²) in [5.74, 6) is 1.93. The summed E-state index contributed by atoms with van der Waals surface area (Å²) in [6.07, 6.45) is 2.25. The molecule has 1 heterocycles. The van der Waals surface area contributed by atoms with Crippen LogP contribution in [0, 0.1) is 0 Å². The third kappa shape index (κ3) is 8.16. The van der Waals surface area contributed by atoms with Crippen molar-refractivity contribution in [3.63, 3.8) is 0 Å². The van der Waals surface area contributed by atoms with Crippen molar-refractivity contribution in [2.75, 3.05) is 38.2 Å². The molecule has 28 heavy (non-hydrogen) atoms. The lowest BCUT2D eigenvalue weighted by molar-refractivity contribution is -0.0586. The molecule has 1 amide bonds. The molecule has 0 spiro atoms. The number of rotatable bonds is 7. The highest BCUT2D eigenvalue weighted by atomic mass is 127. The number of hydrogen-bond donors (Lipinski definition) is 2. The SMILES string of the molecule is CCNC(=NCc1ccc(C(=O)N2CC(C)OC(C)C2)cc1)NCCSC.I. The van der Waals surface area contributed by atoms with Gasteiger partial charge in [-0.25, -0.2) is 4.99 Å². The van der Waals surface area contributed by atoms with Crippen molar-refractivity contribution in [1.82, 2.24) is 15.5 Å². The number of carbonyl (C=O) groups is 1. The molecule has 1 aliphatic rings. The van der Waals surface area contributed by atoms with E-state index in [0.29, 0.717) is 25.2 Å². The fourth-order valence-corrected chi connectivity index (χ4v) is 3.37. The standard InChI is InChI=1S/C20H32N4O2S.HI/c1-5-21-20(22-10-11-27-4)23-12-17-6-8-18(9-7-17)19(25)24-13-15(2)26-16(3)14-24;/h6-9,15-16H,5,10-14H2,1-4H3,(H2,21,22,23);1H. The van der Waals surface area contributed by atoms with E-state index in [-0.39, 0.29) is 42.1 Å². The summed E-state index contributed by atoms with van der Waals surface area (Å²) in [5, 5.41) is 6.57. The van der Waals surface area contributed by atoms with Gasteiger partial charge in [-0.3, -0.25) is 4.79 Å². The predicted molar refractivity (Wildman–Crippen MR) is 129 cm³/mol. The number of hydrogen-bond acceptors (Lipinski definition) is 4. The van der Waals surface area contributed by atoms with Gasteiger partial charge in [0, 0.05) is 37.5 Å². The average molecular weight is 520 g/mol. The molecule has 158 valence electrons. The van der Waals surface area contributed by atoms with Crippen LogP contribution in [0.5, 0.6) is 0 Å². The molecule has 0 aromatic heterocycles. The predicted octanol–water partition coefficient (Wildman–Crippen LogP) is 2.97. The third-order valence-electron chi connectivity index (χ3n) is 4.27. The Bertz CT molecular complexity index is 617. The highest BCUT2D eigenvalue weighted by molar-refractivity contribution is 14.0. The maximum atomic E-state index is 12.7. The van der Waals surface area contributed by atoms with Gasteiger partial charge >= 0.3 is 0 Å². The van der Waals surface area contributed by atoms with Crippen LogP contribution < -0.4 is 10.6 Å². The first kappa shape index (κ1) is 25.0. The van der Waals surface area contributed by atoms with Crippen molar-refractivity contribution in [1.29, 1.82) is 0 Å². The number of morpholine rings is 1. The summed E-state index contributed by atoms with van der Waals surface area (Å²) in [7, 11) is 0. The van der Waals surface area contributed by atoms with Crippen LogP contribution in [-0.2, 0) is 11.3 Å². The summed E-state index contributed by atoms with van der Waals surface area (Å²) < 4.78 is 5.71. The minimum atomic E-state index is 0. The fourth-order valence-electron chi connectivity index (χ4n) is 3.06. The zero-order chi connectivity index (χ0) is 19.6. The average Bonchev–Trinajstić information content (AvgIpc) is 2.65. The van der Waals surface area contributed by atoms with E-state index in [2.05, 4.69) is 28.8 Å². The number of halogens is 1. The van der Waals surface area contributed by atoms with Crippen LogP contribution in [0.15, 0.2) is 29.3 Å². The van der Waals surface area contributed by atoms with Crippen molar-refractivity contribution in [3.8, 4) is 0 Å². The maximum absolute atomic E-state index is 12.7. The van der Waals surface area contributed by atoms with Gasteiger partial charge in [-0.15, -0.1) is 24.0 Å². The molecular weight excluding hydrogens is 487 g/mol. The summed E-state index contributed by atoms with van der Waals surface area (Å²) in [6.45, 7) is 9.64. The molecule has 2 atom stereocenters. The first-order chi connectivity index (χ1) is 13.0. The Morgan fingerprint density at radius 2 is 1.86 bits per heavy atom. The lowest BCUT2D eigenvalue weighted by Gasteiger charge is -2.35. The molecule has 0 saturated carbocycles. The molecule has 1 aliphatic heterocycles. The Balaban J connectivity index is 0.00000392. The van der Waals surface area contributed by atoms with Gasteiger partial charge in [0.15, 0.2) is 5.96 Å². The van der Waals surface area contributed by atoms with Gasteiger partial charge in [-0.2, -0.15) is 11.8 Å². The van der Waals surface area contributed by atoms with E-state index in [1.54, 1.807) is 11.8 Å². The summed E-state index contributed by atoms with van der Waals surface area (Å²) >= 11 is 1.80. The first-order valence-corrected chi connectivity index (χ1v) is 11.0. The molecular formula is C20H33IN4O2S. The summed E-state index contributed by atoms with van der Waals surface area (Å²) in [5.41, 5.74) is 1.80. The van der Waals surface area contributed by atoms with Crippen molar-refractivity contribution in [2.45, 2.75) is 39.5 Å². The number of nitrogens with zero attached hydrogens (tertiary/aromatic N) is 2. The third-order valence-corrected chi connectivity index (χ3v) is 4.88. The molecule has 2 unspecified atom stereocenters. The van der Waals surface area contributed by atoms with Gasteiger partial charge in [-0.05, 0) is 44.7 Å². The van der Waals surface area contributed by atoms with Crippen LogP contribution in [-0.4, -0.2) is 67.2 Å². The number of thioether (sulfide) groups is 1. The molecule has 1 fully saturated rings. The molecule has 1 saturated heterocycles. The van der Waals surface area contributed by atoms with Crippen LogP contribution >= 0.6 is 35.7 Å². The largest absolute Gasteiger partial charge is 0.372 e. The summed E-state index contributed by atoms with van der Waals surface area (Å²) in [4.78, 5) is 19.2. The van der Waals surface area contributed by atoms with Crippen LogP contribution in [0.2, 0.25) is 0 Å². The van der Waals surface area contributed by atoms with Gasteiger partial charge < -0.3 is 20.3 Å². The Morgan fingerprint density at radius 3 is 2.43 bits per heavy atom. The number of nitrogens with one attached hydrogen (secondary N) is 2. The Kier molecular flexibility index (Phi) is 11.9. The van der Waals surface area contributed by atoms with Gasteiger partial charge in [0.25, 0.3) is 5.91 Å². The number of benzene rings is 1. The van der Waals surface area contributed by atoms with Gasteiger partial charge in [0.05, 0.1) is 18.8 Å². The Labute approximate surface area is 190 Å². The Hall–Kier alpha value is -1.00. The number of amides is 1. The van der Waals surface area contributed by atoms with Crippen LogP contribution in [0.1, 0.15) is 36.7 Å². The van der Waals surface area contributed by atoms with Crippen LogP contribution in [0.25, 0.3) is 0 Å². The zero-order valence-corrected chi connectivity index (χ0v) is 20.4.